The predicted octanol–water partition coefficient (Wildman–Crippen LogP) is 1.87. The van der Waals surface area contributed by atoms with Crippen molar-refractivity contribution in [2.75, 3.05) is 25.0 Å². The highest BCUT2D eigenvalue weighted by atomic mass is 32.2. The van der Waals surface area contributed by atoms with E-state index in [-0.39, 0.29) is 10.8 Å². The van der Waals surface area contributed by atoms with Crippen LogP contribution in [0.3, 0.4) is 0 Å². The van der Waals surface area contributed by atoms with Gasteiger partial charge < -0.3 is 10.2 Å². The zero-order valence-electron chi connectivity index (χ0n) is 15.0. The number of hydrogen-bond acceptors (Lipinski definition) is 5. The molecule has 0 radical (unpaired) electrons. The van der Waals surface area contributed by atoms with E-state index in [1.165, 1.54) is 12.1 Å². The molecule has 0 unspecified atom stereocenters. The fraction of sp³-hybridized carbons (Fsp3) is 0.333. The molecule has 0 aliphatic carbocycles. The number of nitrogens with zero attached hydrogens (tertiary/aromatic N) is 2. The Labute approximate surface area is 154 Å². The molecule has 140 valence electrons. The monoisotopic (exact) mass is 376 g/mol. The molecular weight excluding hydrogens is 352 g/mol. The summed E-state index contributed by atoms with van der Waals surface area (Å²) in [5.41, 5.74) is 2.21. The van der Waals surface area contributed by atoms with Crippen LogP contribution in [0.15, 0.2) is 47.5 Å². The minimum atomic E-state index is -3.67. The number of carbonyl (C=O) groups excluding carboxylic acids is 1. The SMILES string of the molecule is CCN(CC)C(=O)c1cc(NCCc2ccc(S(N)(=O)=O)cc2)ccn1. The van der Waals surface area contributed by atoms with Crippen LogP contribution in [0.25, 0.3) is 0 Å². The van der Waals surface area contributed by atoms with Crippen molar-refractivity contribution in [2.45, 2.75) is 25.2 Å². The number of nitrogens with two attached hydrogens (primary N) is 1. The molecule has 1 aromatic heterocycles. The molecule has 0 aliphatic heterocycles. The van der Waals surface area contributed by atoms with E-state index in [2.05, 4.69) is 10.3 Å². The first-order valence-electron chi connectivity index (χ1n) is 8.46. The summed E-state index contributed by atoms with van der Waals surface area (Å²) in [6, 6.07) is 10.0. The second-order valence-electron chi connectivity index (χ2n) is 5.77. The van der Waals surface area contributed by atoms with Gasteiger partial charge in [-0.25, -0.2) is 13.6 Å². The van der Waals surface area contributed by atoms with Gasteiger partial charge in [0.25, 0.3) is 5.91 Å². The summed E-state index contributed by atoms with van der Waals surface area (Å²) in [5, 5.41) is 8.34. The predicted molar refractivity (Wildman–Crippen MR) is 101 cm³/mol. The summed E-state index contributed by atoms with van der Waals surface area (Å²) in [6.45, 7) is 5.79. The van der Waals surface area contributed by atoms with Crippen molar-refractivity contribution in [3.63, 3.8) is 0 Å². The van der Waals surface area contributed by atoms with Gasteiger partial charge >= 0.3 is 0 Å². The lowest BCUT2D eigenvalue weighted by Gasteiger charge is -2.18. The van der Waals surface area contributed by atoms with E-state index in [4.69, 9.17) is 5.14 Å². The Kier molecular flexibility index (Phi) is 6.70. The number of carbonyl (C=O) groups is 1. The Morgan fingerprint density at radius 2 is 1.81 bits per heavy atom. The molecule has 0 fully saturated rings. The molecule has 0 saturated heterocycles. The fourth-order valence-electron chi connectivity index (χ4n) is 2.53. The number of benzene rings is 1. The second-order valence-corrected chi connectivity index (χ2v) is 7.33. The number of hydrogen-bond donors (Lipinski definition) is 2. The maximum atomic E-state index is 12.3. The van der Waals surface area contributed by atoms with Gasteiger partial charge in [0.05, 0.1) is 4.90 Å². The van der Waals surface area contributed by atoms with Crippen LogP contribution in [0.1, 0.15) is 29.9 Å². The number of sulfonamides is 1. The molecular formula is C18H24N4O3S. The smallest absolute Gasteiger partial charge is 0.272 e. The number of amides is 1. The Morgan fingerprint density at radius 1 is 1.15 bits per heavy atom. The normalized spacial score (nSPS) is 11.2. The number of pyridine rings is 1. The van der Waals surface area contributed by atoms with E-state index < -0.39 is 10.0 Å². The summed E-state index contributed by atoms with van der Waals surface area (Å²) in [7, 11) is -3.67. The molecule has 2 rings (SSSR count). The van der Waals surface area contributed by atoms with Crippen LogP contribution in [0.2, 0.25) is 0 Å². The highest BCUT2D eigenvalue weighted by Crippen LogP contribution is 2.12. The third kappa shape index (κ3) is 5.27. The largest absolute Gasteiger partial charge is 0.385 e. The van der Waals surface area contributed by atoms with Gasteiger partial charge in [0.2, 0.25) is 10.0 Å². The molecule has 1 aromatic carbocycles. The van der Waals surface area contributed by atoms with E-state index in [1.54, 1.807) is 29.3 Å². The van der Waals surface area contributed by atoms with Gasteiger partial charge in [-0.05, 0) is 50.1 Å². The molecule has 8 heteroatoms. The van der Waals surface area contributed by atoms with Gasteiger partial charge in [0, 0.05) is 31.5 Å². The van der Waals surface area contributed by atoms with Crippen LogP contribution in [0.5, 0.6) is 0 Å². The first-order valence-corrected chi connectivity index (χ1v) is 10.0. The highest BCUT2D eigenvalue weighted by molar-refractivity contribution is 7.89. The maximum absolute atomic E-state index is 12.3. The number of nitrogens with one attached hydrogen (secondary N) is 1. The number of rotatable bonds is 8. The molecule has 0 spiro atoms. The second kappa shape index (κ2) is 8.77. The van der Waals surface area contributed by atoms with Crippen molar-refractivity contribution < 1.29 is 13.2 Å². The standard InChI is InChI=1S/C18H24N4O3S/c1-3-22(4-2)18(23)17-13-15(10-12-21-17)20-11-9-14-5-7-16(8-6-14)26(19,24)25/h5-8,10,12-13H,3-4,9,11H2,1-2H3,(H,20,21)(H2,19,24,25). The van der Waals surface area contributed by atoms with Crippen LogP contribution in [0.4, 0.5) is 5.69 Å². The van der Waals surface area contributed by atoms with Gasteiger partial charge in [-0.15, -0.1) is 0 Å². The topological polar surface area (TPSA) is 105 Å². The average molecular weight is 376 g/mol. The summed E-state index contributed by atoms with van der Waals surface area (Å²) >= 11 is 0. The van der Waals surface area contributed by atoms with Crippen LogP contribution in [0, 0.1) is 0 Å². The molecule has 7 nitrogen and oxygen atoms in total. The van der Waals surface area contributed by atoms with Crippen molar-refractivity contribution in [1.29, 1.82) is 0 Å². The van der Waals surface area contributed by atoms with Gasteiger partial charge in [0.1, 0.15) is 5.69 Å². The van der Waals surface area contributed by atoms with Gasteiger partial charge in [0.15, 0.2) is 0 Å². The molecule has 0 atom stereocenters. The van der Waals surface area contributed by atoms with E-state index in [1.807, 2.05) is 19.9 Å². The molecule has 1 heterocycles. The van der Waals surface area contributed by atoms with E-state index in [0.29, 0.717) is 31.7 Å². The third-order valence-corrected chi connectivity index (χ3v) is 4.95. The summed E-state index contributed by atoms with van der Waals surface area (Å²) < 4.78 is 22.5. The lowest BCUT2D eigenvalue weighted by atomic mass is 10.1. The van der Waals surface area contributed by atoms with E-state index >= 15 is 0 Å². The zero-order chi connectivity index (χ0) is 19.2. The van der Waals surface area contributed by atoms with Gasteiger partial charge in [-0.2, -0.15) is 0 Å². The lowest BCUT2D eigenvalue weighted by molar-refractivity contribution is 0.0767. The van der Waals surface area contributed by atoms with E-state index in [9.17, 15) is 13.2 Å². The van der Waals surface area contributed by atoms with Crippen molar-refractivity contribution in [3.8, 4) is 0 Å². The Balaban J connectivity index is 1.96. The molecule has 1 amide bonds. The summed E-state index contributed by atoms with van der Waals surface area (Å²) in [4.78, 5) is 18.3. The molecule has 2 aromatic rings. The number of primary sulfonamides is 1. The Hall–Kier alpha value is -2.45. The minimum Gasteiger partial charge on any atom is -0.385 e. The maximum Gasteiger partial charge on any atom is 0.272 e. The van der Waals surface area contributed by atoms with Crippen LogP contribution in [-0.2, 0) is 16.4 Å². The Morgan fingerprint density at radius 3 is 2.38 bits per heavy atom. The van der Waals surface area contributed by atoms with E-state index in [0.717, 1.165) is 11.3 Å². The number of anilines is 1. The number of aromatic nitrogens is 1. The molecule has 0 saturated carbocycles. The van der Waals surface area contributed by atoms with Crippen LogP contribution < -0.4 is 10.5 Å². The third-order valence-electron chi connectivity index (χ3n) is 4.02. The van der Waals surface area contributed by atoms with Crippen molar-refractivity contribution >= 4 is 21.6 Å². The minimum absolute atomic E-state index is 0.0859. The van der Waals surface area contributed by atoms with Crippen molar-refractivity contribution in [2.24, 2.45) is 5.14 Å². The molecule has 3 N–H and O–H groups in total. The zero-order valence-corrected chi connectivity index (χ0v) is 15.8. The average Bonchev–Trinajstić information content (AvgIpc) is 2.62. The molecule has 0 bridgehead atoms. The van der Waals surface area contributed by atoms with Gasteiger partial charge in [-0.1, -0.05) is 12.1 Å². The first kappa shape index (κ1) is 19.9. The molecule has 26 heavy (non-hydrogen) atoms. The molecule has 0 aliphatic rings. The van der Waals surface area contributed by atoms with Gasteiger partial charge in [-0.3, -0.25) is 9.78 Å². The van der Waals surface area contributed by atoms with Crippen LogP contribution in [-0.4, -0.2) is 43.8 Å². The summed E-state index contributed by atoms with van der Waals surface area (Å²) in [5.74, 6) is -0.0859. The first-order chi connectivity index (χ1) is 12.3. The Bertz CT molecular complexity index is 847. The van der Waals surface area contributed by atoms with Crippen LogP contribution >= 0.6 is 0 Å². The van der Waals surface area contributed by atoms with Crippen molar-refractivity contribution in [3.05, 3.63) is 53.9 Å². The quantitative estimate of drug-likeness (QED) is 0.732. The highest BCUT2D eigenvalue weighted by Gasteiger charge is 2.14. The fourth-order valence-corrected chi connectivity index (χ4v) is 3.04. The van der Waals surface area contributed by atoms with Crippen molar-refractivity contribution in [1.82, 2.24) is 9.88 Å². The summed E-state index contributed by atoms with van der Waals surface area (Å²) in [6.07, 6.45) is 2.31. The lowest BCUT2D eigenvalue weighted by Crippen LogP contribution is -2.31.